The van der Waals surface area contributed by atoms with E-state index < -0.39 is 5.97 Å². The van der Waals surface area contributed by atoms with Crippen molar-refractivity contribution in [2.75, 3.05) is 5.32 Å². The first-order valence-corrected chi connectivity index (χ1v) is 6.46. The third kappa shape index (κ3) is 3.28. The largest absolute Gasteiger partial charge is 0.477 e. The molecule has 3 N–H and O–H groups in total. The lowest BCUT2D eigenvalue weighted by atomic mass is 10.1. The van der Waals surface area contributed by atoms with Crippen molar-refractivity contribution in [2.24, 2.45) is 7.05 Å². The third-order valence-corrected chi connectivity index (χ3v) is 3.34. The molecule has 0 aliphatic carbocycles. The Bertz CT molecular complexity index is 686. The predicted molar refractivity (Wildman–Crippen MR) is 75.2 cm³/mol. The van der Waals surface area contributed by atoms with Gasteiger partial charge in [0.05, 0.1) is 5.69 Å². The summed E-state index contributed by atoms with van der Waals surface area (Å²) in [5, 5.41) is 21.7. The fourth-order valence-electron chi connectivity index (χ4n) is 2.12. The second-order valence-electron chi connectivity index (χ2n) is 4.79. The average molecular weight is 291 g/mol. The van der Waals surface area contributed by atoms with Gasteiger partial charge in [-0.25, -0.2) is 4.79 Å². The van der Waals surface area contributed by atoms with Crippen LogP contribution in [0, 0.1) is 13.8 Å². The smallest absolute Gasteiger partial charge is 0.353 e. The molecule has 21 heavy (non-hydrogen) atoms. The van der Waals surface area contributed by atoms with E-state index in [4.69, 9.17) is 5.11 Å². The van der Waals surface area contributed by atoms with Crippen LogP contribution in [0.2, 0.25) is 0 Å². The van der Waals surface area contributed by atoms with Gasteiger partial charge < -0.3 is 10.4 Å². The number of aromatic nitrogens is 4. The van der Waals surface area contributed by atoms with Crippen molar-refractivity contribution >= 4 is 17.7 Å². The maximum absolute atomic E-state index is 11.9. The molecular formula is C13H17N5O3. The lowest BCUT2D eigenvalue weighted by molar-refractivity contribution is -0.116. The molecule has 2 aromatic rings. The zero-order chi connectivity index (χ0) is 15.6. The molecule has 0 saturated heterocycles. The van der Waals surface area contributed by atoms with E-state index in [-0.39, 0.29) is 23.8 Å². The molecule has 0 spiro atoms. The van der Waals surface area contributed by atoms with Crippen molar-refractivity contribution < 1.29 is 14.7 Å². The van der Waals surface area contributed by atoms with Crippen LogP contribution in [0.4, 0.5) is 5.82 Å². The number of anilines is 1. The number of aromatic carboxylic acids is 1. The minimum atomic E-state index is -1.12. The van der Waals surface area contributed by atoms with Gasteiger partial charge in [0.1, 0.15) is 5.69 Å². The number of rotatable bonds is 5. The molecule has 0 atom stereocenters. The van der Waals surface area contributed by atoms with Crippen LogP contribution in [0.1, 0.15) is 33.9 Å². The Hall–Kier alpha value is -2.64. The summed E-state index contributed by atoms with van der Waals surface area (Å²) in [5.41, 5.74) is 2.94. The fraction of sp³-hybridized carbons (Fsp3) is 0.385. The predicted octanol–water partition coefficient (Wildman–Crippen LogP) is 1.03. The van der Waals surface area contributed by atoms with Gasteiger partial charge in [-0.1, -0.05) is 0 Å². The second kappa shape index (κ2) is 5.78. The van der Waals surface area contributed by atoms with Gasteiger partial charge in [0.15, 0.2) is 5.82 Å². The van der Waals surface area contributed by atoms with Crippen LogP contribution in [0.25, 0.3) is 0 Å². The molecule has 0 radical (unpaired) electrons. The number of aryl methyl sites for hydroxylation is 2. The topological polar surface area (TPSA) is 113 Å². The minimum absolute atomic E-state index is 0.0655. The van der Waals surface area contributed by atoms with Gasteiger partial charge >= 0.3 is 5.97 Å². The van der Waals surface area contributed by atoms with Gasteiger partial charge in [-0.15, -0.1) is 0 Å². The van der Waals surface area contributed by atoms with Crippen molar-refractivity contribution in [1.29, 1.82) is 0 Å². The summed E-state index contributed by atoms with van der Waals surface area (Å²) < 4.78 is 1.79. The summed E-state index contributed by atoms with van der Waals surface area (Å²) in [5.74, 6) is -1.14. The summed E-state index contributed by atoms with van der Waals surface area (Å²) >= 11 is 0. The summed E-state index contributed by atoms with van der Waals surface area (Å²) in [6.45, 7) is 3.87. The molecule has 1 amide bonds. The summed E-state index contributed by atoms with van der Waals surface area (Å²) in [6.07, 6.45) is 0.857. The van der Waals surface area contributed by atoms with Crippen molar-refractivity contribution in [2.45, 2.75) is 26.7 Å². The number of carbonyl (C=O) groups excluding carboxylic acids is 1. The number of carboxylic acid groups (broad SMARTS) is 1. The first kappa shape index (κ1) is 14.8. The zero-order valence-corrected chi connectivity index (χ0v) is 12.1. The van der Waals surface area contributed by atoms with E-state index in [1.807, 2.05) is 20.9 Å². The summed E-state index contributed by atoms with van der Waals surface area (Å²) in [4.78, 5) is 22.5. The van der Waals surface area contributed by atoms with E-state index in [2.05, 4.69) is 20.6 Å². The van der Waals surface area contributed by atoms with Crippen molar-refractivity contribution in [1.82, 2.24) is 20.0 Å². The van der Waals surface area contributed by atoms with Gasteiger partial charge in [0, 0.05) is 25.2 Å². The summed E-state index contributed by atoms with van der Waals surface area (Å²) in [7, 11) is 1.86. The number of hydrogen-bond acceptors (Lipinski definition) is 4. The first-order valence-electron chi connectivity index (χ1n) is 6.46. The number of H-pyrrole nitrogens is 1. The van der Waals surface area contributed by atoms with E-state index in [0.29, 0.717) is 6.42 Å². The normalized spacial score (nSPS) is 10.6. The SMILES string of the molecule is Cc1nn(C)c(C)c1CCC(=O)Nc1cc(C(=O)O)[nH]n1. The molecule has 2 rings (SSSR count). The monoisotopic (exact) mass is 291 g/mol. The number of hydrogen-bond donors (Lipinski definition) is 3. The number of carbonyl (C=O) groups is 2. The Labute approximate surface area is 121 Å². The standard InChI is InChI=1S/C13H17N5O3/c1-7-9(8(2)18(3)17-7)4-5-12(19)14-11-6-10(13(20)21)15-16-11/h6H,4-5H2,1-3H3,(H,20,21)(H2,14,15,16,19). The molecule has 8 nitrogen and oxygen atoms in total. The van der Waals surface area contributed by atoms with Gasteiger partial charge in [-0.05, 0) is 25.8 Å². The van der Waals surface area contributed by atoms with Crippen LogP contribution in [-0.2, 0) is 18.3 Å². The van der Waals surface area contributed by atoms with E-state index >= 15 is 0 Å². The van der Waals surface area contributed by atoms with E-state index in [1.165, 1.54) is 6.07 Å². The summed E-state index contributed by atoms with van der Waals surface area (Å²) in [6, 6.07) is 1.28. The molecular weight excluding hydrogens is 274 g/mol. The third-order valence-electron chi connectivity index (χ3n) is 3.34. The number of nitrogens with one attached hydrogen (secondary N) is 2. The number of carboxylic acids is 1. The van der Waals surface area contributed by atoms with Gasteiger partial charge in [0.25, 0.3) is 0 Å². The molecule has 0 bridgehead atoms. The Morgan fingerprint density at radius 1 is 1.43 bits per heavy atom. The van der Waals surface area contributed by atoms with Gasteiger partial charge in [-0.2, -0.15) is 10.2 Å². The van der Waals surface area contributed by atoms with Crippen molar-refractivity contribution in [3.8, 4) is 0 Å². The number of amides is 1. The van der Waals surface area contributed by atoms with Crippen LogP contribution in [-0.4, -0.2) is 37.0 Å². The molecule has 2 heterocycles. The molecule has 0 aliphatic rings. The highest BCUT2D eigenvalue weighted by Crippen LogP contribution is 2.14. The van der Waals surface area contributed by atoms with Crippen LogP contribution in [0.3, 0.4) is 0 Å². The highest BCUT2D eigenvalue weighted by atomic mass is 16.4. The molecule has 112 valence electrons. The molecule has 0 fully saturated rings. The van der Waals surface area contributed by atoms with Crippen LogP contribution < -0.4 is 5.32 Å². The van der Waals surface area contributed by atoms with Gasteiger partial charge in [-0.3, -0.25) is 14.6 Å². The molecule has 0 unspecified atom stereocenters. The first-order chi connectivity index (χ1) is 9.88. The average Bonchev–Trinajstić information content (AvgIpc) is 2.95. The van der Waals surface area contributed by atoms with E-state index in [1.54, 1.807) is 4.68 Å². The number of aromatic amines is 1. The van der Waals surface area contributed by atoms with E-state index in [9.17, 15) is 9.59 Å². The number of nitrogens with zero attached hydrogens (tertiary/aromatic N) is 3. The molecule has 0 aromatic carbocycles. The highest BCUT2D eigenvalue weighted by Gasteiger charge is 2.13. The lowest BCUT2D eigenvalue weighted by Crippen LogP contribution is -2.13. The molecule has 0 saturated carbocycles. The molecule has 8 heteroatoms. The van der Waals surface area contributed by atoms with Crippen molar-refractivity contribution in [3.63, 3.8) is 0 Å². The maximum Gasteiger partial charge on any atom is 0.353 e. The molecule has 0 aliphatic heterocycles. The van der Waals surface area contributed by atoms with Crippen LogP contribution in [0.15, 0.2) is 6.07 Å². The molecule has 2 aromatic heterocycles. The maximum atomic E-state index is 11.9. The Morgan fingerprint density at radius 2 is 2.14 bits per heavy atom. The fourth-order valence-corrected chi connectivity index (χ4v) is 2.12. The Balaban J connectivity index is 1.94. The van der Waals surface area contributed by atoms with Crippen LogP contribution in [0.5, 0.6) is 0 Å². The van der Waals surface area contributed by atoms with Crippen LogP contribution >= 0.6 is 0 Å². The van der Waals surface area contributed by atoms with Gasteiger partial charge in [0.2, 0.25) is 5.91 Å². The quantitative estimate of drug-likeness (QED) is 0.761. The lowest BCUT2D eigenvalue weighted by Gasteiger charge is -2.03. The Morgan fingerprint density at radius 3 is 2.67 bits per heavy atom. The zero-order valence-electron chi connectivity index (χ0n) is 12.1. The van der Waals surface area contributed by atoms with E-state index in [0.717, 1.165) is 17.0 Å². The highest BCUT2D eigenvalue weighted by molar-refractivity contribution is 5.92. The van der Waals surface area contributed by atoms with Crippen molar-refractivity contribution in [3.05, 3.63) is 28.7 Å². The second-order valence-corrected chi connectivity index (χ2v) is 4.79. The Kier molecular flexibility index (Phi) is 4.06. The minimum Gasteiger partial charge on any atom is -0.477 e.